The van der Waals surface area contributed by atoms with Gasteiger partial charge in [-0.15, -0.1) is 0 Å². The number of ketones is 2. The Morgan fingerprint density at radius 2 is 1.69 bits per heavy atom. The molecule has 2 nitrogen and oxygen atoms in total. The van der Waals surface area contributed by atoms with E-state index >= 15 is 0 Å². The molecule has 0 amide bonds. The van der Waals surface area contributed by atoms with Gasteiger partial charge in [-0.05, 0) is 6.42 Å². The molecule has 0 spiro atoms. The average Bonchev–Trinajstić information content (AvgIpc) is 2.03. The fourth-order valence-corrected chi connectivity index (χ4v) is 1.41. The summed E-state index contributed by atoms with van der Waals surface area (Å²) in [4.78, 5) is 22.3. The van der Waals surface area contributed by atoms with E-state index in [-0.39, 0.29) is 11.6 Å². The van der Waals surface area contributed by atoms with E-state index in [1.54, 1.807) is 0 Å². The zero-order valence-corrected chi connectivity index (χ0v) is 9.14. The molecule has 2 heteroatoms. The van der Waals surface area contributed by atoms with E-state index in [0.29, 0.717) is 0 Å². The summed E-state index contributed by atoms with van der Waals surface area (Å²) in [5.74, 6) is -0.551. The molecular weight excluding hydrogens is 164 g/mol. The molecule has 0 unspecified atom stereocenters. The van der Waals surface area contributed by atoms with Gasteiger partial charge in [-0.25, -0.2) is 0 Å². The molecule has 0 radical (unpaired) electrons. The normalized spacial score (nSPS) is 11.4. The second-order valence-electron chi connectivity index (χ2n) is 4.23. The van der Waals surface area contributed by atoms with Crippen LogP contribution in [-0.2, 0) is 9.59 Å². The van der Waals surface area contributed by atoms with Gasteiger partial charge in [0.25, 0.3) is 0 Å². The van der Waals surface area contributed by atoms with Gasteiger partial charge in [-0.3, -0.25) is 9.59 Å². The standard InChI is InChI=1S/C11H20O2/c1-5-6-7-8-11(3,4)10(13)9(2)12/h5-8H2,1-4H3. The minimum atomic E-state index is -0.457. The largest absolute Gasteiger partial charge is 0.291 e. The van der Waals surface area contributed by atoms with Crippen LogP contribution in [0.4, 0.5) is 0 Å². The number of carbonyl (C=O) groups is 2. The van der Waals surface area contributed by atoms with E-state index in [9.17, 15) is 9.59 Å². The maximum atomic E-state index is 11.4. The number of unbranched alkanes of at least 4 members (excludes halogenated alkanes) is 2. The first-order chi connectivity index (χ1) is 5.91. The molecule has 76 valence electrons. The third kappa shape index (κ3) is 4.20. The first-order valence-electron chi connectivity index (χ1n) is 4.97. The molecule has 0 fully saturated rings. The predicted octanol–water partition coefficient (Wildman–Crippen LogP) is 2.75. The summed E-state index contributed by atoms with van der Waals surface area (Å²) in [5, 5.41) is 0. The lowest BCUT2D eigenvalue weighted by Crippen LogP contribution is -2.29. The molecule has 0 rings (SSSR count). The van der Waals surface area contributed by atoms with Gasteiger partial charge >= 0.3 is 0 Å². The van der Waals surface area contributed by atoms with E-state index in [1.165, 1.54) is 6.92 Å². The highest BCUT2D eigenvalue weighted by atomic mass is 16.2. The van der Waals surface area contributed by atoms with Crippen molar-refractivity contribution in [3.8, 4) is 0 Å². The molecule has 0 bridgehead atoms. The molecule has 0 aromatic heterocycles. The van der Waals surface area contributed by atoms with Crippen molar-refractivity contribution in [1.82, 2.24) is 0 Å². The molecule has 0 aliphatic heterocycles. The minimum Gasteiger partial charge on any atom is -0.291 e. The fourth-order valence-electron chi connectivity index (χ4n) is 1.41. The molecule has 0 aromatic carbocycles. The Morgan fingerprint density at radius 1 is 1.15 bits per heavy atom. The van der Waals surface area contributed by atoms with Crippen LogP contribution < -0.4 is 0 Å². The van der Waals surface area contributed by atoms with Crippen molar-refractivity contribution in [1.29, 1.82) is 0 Å². The van der Waals surface area contributed by atoms with Crippen molar-refractivity contribution >= 4 is 11.6 Å². The van der Waals surface area contributed by atoms with E-state index in [4.69, 9.17) is 0 Å². The highest BCUT2D eigenvalue weighted by Crippen LogP contribution is 2.25. The predicted molar refractivity (Wildman–Crippen MR) is 53.6 cm³/mol. The Labute approximate surface area is 80.7 Å². The van der Waals surface area contributed by atoms with Crippen LogP contribution in [0.15, 0.2) is 0 Å². The van der Waals surface area contributed by atoms with E-state index in [0.717, 1.165) is 25.7 Å². The first kappa shape index (κ1) is 12.3. The Morgan fingerprint density at radius 3 is 2.08 bits per heavy atom. The summed E-state index contributed by atoms with van der Waals surface area (Å²) in [5.41, 5.74) is -0.457. The van der Waals surface area contributed by atoms with Crippen LogP contribution in [0.1, 0.15) is 53.4 Å². The molecule has 0 aliphatic rings. The van der Waals surface area contributed by atoms with Crippen molar-refractivity contribution < 1.29 is 9.59 Å². The SMILES string of the molecule is CCCCCC(C)(C)C(=O)C(C)=O. The average molecular weight is 184 g/mol. The van der Waals surface area contributed by atoms with Crippen molar-refractivity contribution in [2.45, 2.75) is 53.4 Å². The van der Waals surface area contributed by atoms with Crippen molar-refractivity contribution in [3.05, 3.63) is 0 Å². The van der Waals surface area contributed by atoms with Gasteiger partial charge in [-0.1, -0.05) is 40.0 Å². The maximum Gasteiger partial charge on any atom is 0.203 e. The van der Waals surface area contributed by atoms with Gasteiger partial charge in [0.2, 0.25) is 5.78 Å². The van der Waals surface area contributed by atoms with Gasteiger partial charge in [0.1, 0.15) is 0 Å². The lowest BCUT2D eigenvalue weighted by atomic mass is 9.81. The molecule has 0 aromatic rings. The van der Waals surface area contributed by atoms with Crippen LogP contribution in [0.5, 0.6) is 0 Å². The topological polar surface area (TPSA) is 34.1 Å². The molecule has 0 N–H and O–H groups in total. The fraction of sp³-hybridized carbons (Fsp3) is 0.818. The number of hydrogen-bond acceptors (Lipinski definition) is 2. The Hall–Kier alpha value is -0.660. The zero-order valence-electron chi connectivity index (χ0n) is 9.14. The second-order valence-corrected chi connectivity index (χ2v) is 4.23. The quantitative estimate of drug-likeness (QED) is 0.470. The molecule has 0 saturated carbocycles. The summed E-state index contributed by atoms with van der Waals surface area (Å²) in [6.07, 6.45) is 4.13. The molecule has 0 heterocycles. The monoisotopic (exact) mass is 184 g/mol. The van der Waals surface area contributed by atoms with Crippen LogP contribution in [0.3, 0.4) is 0 Å². The maximum absolute atomic E-state index is 11.4. The zero-order chi connectivity index (χ0) is 10.5. The highest BCUT2D eigenvalue weighted by Gasteiger charge is 2.29. The number of Topliss-reactive ketones (excluding diaryl/α,β-unsaturated/α-hetero) is 2. The molecule has 0 aliphatic carbocycles. The molecule has 13 heavy (non-hydrogen) atoms. The molecule has 0 saturated heterocycles. The summed E-state index contributed by atoms with van der Waals surface area (Å²) < 4.78 is 0. The van der Waals surface area contributed by atoms with Crippen molar-refractivity contribution in [2.75, 3.05) is 0 Å². The number of hydrogen-bond donors (Lipinski definition) is 0. The summed E-state index contributed by atoms with van der Waals surface area (Å²) >= 11 is 0. The molecular formula is C11H20O2. The van der Waals surface area contributed by atoms with Crippen LogP contribution in [0.25, 0.3) is 0 Å². The van der Waals surface area contributed by atoms with E-state index in [1.807, 2.05) is 13.8 Å². The summed E-state index contributed by atoms with van der Waals surface area (Å²) in [6.45, 7) is 7.18. The third-order valence-electron chi connectivity index (χ3n) is 2.34. The lowest BCUT2D eigenvalue weighted by Gasteiger charge is -2.20. The highest BCUT2D eigenvalue weighted by molar-refractivity contribution is 6.38. The number of rotatable bonds is 6. The Bertz CT molecular complexity index is 192. The van der Waals surface area contributed by atoms with Crippen LogP contribution in [-0.4, -0.2) is 11.6 Å². The van der Waals surface area contributed by atoms with Crippen molar-refractivity contribution in [2.24, 2.45) is 5.41 Å². The van der Waals surface area contributed by atoms with Gasteiger partial charge in [-0.2, -0.15) is 0 Å². The first-order valence-corrected chi connectivity index (χ1v) is 4.97. The van der Waals surface area contributed by atoms with Crippen molar-refractivity contribution in [3.63, 3.8) is 0 Å². The smallest absolute Gasteiger partial charge is 0.203 e. The summed E-state index contributed by atoms with van der Waals surface area (Å²) in [7, 11) is 0. The minimum absolute atomic E-state index is 0.233. The van der Waals surface area contributed by atoms with E-state index < -0.39 is 5.41 Å². The number of carbonyl (C=O) groups excluding carboxylic acids is 2. The lowest BCUT2D eigenvalue weighted by molar-refractivity contribution is -0.140. The van der Waals surface area contributed by atoms with E-state index in [2.05, 4.69) is 6.92 Å². The van der Waals surface area contributed by atoms with Crippen LogP contribution in [0.2, 0.25) is 0 Å². The Kier molecular flexibility index (Phi) is 4.89. The van der Waals surface area contributed by atoms with Gasteiger partial charge in [0.05, 0.1) is 0 Å². The molecule has 0 atom stereocenters. The summed E-state index contributed by atoms with van der Waals surface area (Å²) in [6, 6.07) is 0. The van der Waals surface area contributed by atoms with Gasteiger partial charge < -0.3 is 0 Å². The van der Waals surface area contributed by atoms with Gasteiger partial charge in [0, 0.05) is 12.3 Å². The van der Waals surface area contributed by atoms with Gasteiger partial charge in [0.15, 0.2) is 5.78 Å². The van der Waals surface area contributed by atoms with Crippen LogP contribution in [0, 0.1) is 5.41 Å². The third-order valence-corrected chi connectivity index (χ3v) is 2.34. The Balaban J connectivity index is 4.06. The second kappa shape index (κ2) is 5.15. The van der Waals surface area contributed by atoms with Crippen LogP contribution >= 0.6 is 0 Å².